The Morgan fingerprint density at radius 2 is 2.16 bits per heavy atom. The molecule has 108 valence electrons. The molecule has 0 bridgehead atoms. The lowest BCUT2D eigenvalue weighted by atomic mass is 9.85. The van der Waals surface area contributed by atoms with Gasteiger partial charge in [-0.1, -0.05) is 6.42 Å². The molecule has 0 aromatic rings. The normalized spacial score (nSPS) is 34.2. The van der Waals surface area contributed by atoms with Crippen molar-refractivity contribution in [2.45, 2.75) is 51.2 Å². The van der Waals surface area contributed by atoms with Crippen LogP contribution in [0.1, 0.15) is 39.0 Å². The van der Waals surface area contributed by atoms with Gasteiger partial charge in [0.05, 0.1) is 11.5 Å². The van der Waals surface area contributed by atoms with Crippen LogP contribution in [0.25, 0.3) is 0 Å². The highest BCUT2D eigenvalue weighted by Crippen LogP contribution is 2.38. The van der Waals surface area contributed by atoms with Gasteiger partial charge in [0.1, 0.15) is 0 Å². The molecule has 2 amide bonds. The van der Waals surface area contributed by atoms with Gasteiger partial charge in [0.2, 0.25) is 0 Å². The molecule has 1 aliphatic carbocycles. The zero-order valence-corrected chi connectivity index (χ0v) is 11.3. The van der Waals surface area contributed by atoms with E-state index in [1.807, 2.05) is 0 Å². The number of aliphatic carboxylic acids is 1. The van der Waals surface area contributed by atoms with Crippen LogP contribution in [0.15, 0.2) is 0 Å². The molecule has 3 atom stereocenters. The van der Waals surface area contributed by atoms with Crippen molar-refractivity contribution in [1.82, 2.24) is 10.6 Å². The summed E-state index contributed by atoms with van der Waals surface area (Å²) in [5, 5.41) is 14.8. The van der Waals surface area contributed by atoms with Gasteiger partial charge in [0.25, 0.3) is 0 Å². The highest BCUT2D eigenvalue weighted by Gasteiger charge is 2.45. The molecule has 2 fully saturated rings. The fourth-order valence-electron chi connectivity index (χ4n) is 2.87. The van der Waals surface area contributed by atoms with E-state index in [-0.39, 0.29) is 18.2 Å². The van der Waals surface area contributed by atoms with Gasteiger partial charge in [-0.15, -0.1) is 0 Å². The Labute approximate surface area is 112 Å². The number of nitrogens with one attached hydrogen (secondary N) is 2. The van der Waals surface area contributed by atoms with Crippen molar-refractivity contribution in [3.63, 3.8) is 0 Å². The predicted octanol–water partition coefficient (Wildman–Crippen LogP) is 1.11. The van der Waals surface area contributed by atoms with Gasteiger partial charge in [-0.2, -0.15) is 0 Å². The summed E-state index contributed by atoms with van der Waals surface area (Å²) in [6, 6.07) is -0.593. The lowest BCUT2D eigenvalue weighted by Crippen LogP contribution is -2.51. The highest BCUT2D eigenvalue weighted by molar-refractivity contribution is 5.79. The molecule has 6 heteroatoms. The number of urea groups is 1. The Bertz CT molecular complexity index is 355. The molecule has 1 heterocycles. The first-order valence-electron chi connectivity index (χ1n) is 6.92. The van der Waals surface area contributed by atoms with Crippen LogP contribution in [0, 0.1) is 5.41 Å². The van der Waals surface area contributed by atoms with Crippen LogP contribution in [-0.2, 0) is 9.53 Å². The van der Waals surface area contributed by atoms with Crippen molar-refractivity contribution in [3.05, 3.63) is 0 Å². The maximum atomic E-state index is 11.8. The quantitative estimate of drug-likeness (QED) is 0.714. The number of carbonyl (C=O) groups excluding carboxylic acids is 1. The molecule has 1 saturated heterocycles. The van der Waals surface area contributed by atoms with Crippen molar-refractivity contribution >= 4 is 12.0 Å². The van der Waals surface area contributed by atoms with Gasteiger partial charge >= 0.3 is 12.0 Å². The Balaban J connectivity index is 1.79. The van der Waals surface area contributed by atoms with E-state index in [0.717, 1.165) is 32.3 Å². The summed E-state index contributed by atoms with van der Waals surface area (Å²) in [6.07, 6.45) is 4.26. The number of rotatable bonds is 4. The largest absolute Gasteiger partial charge is 0.481 e. The molecule has 0 radical (unpaired) electrons. The minimum absolute atomic E-state index is 0.0974. The van der Waals surface area contributed by atoms with Crippen LogP contribution in [0.3, 0.4) is 0 Å². The topological polar surface area (TPSA) is 87.7 Å². The van der Waals surface area contributed by atoms with Crippen LogP contribution < -0.4 is 10.6 Å². The van der Waals surface area contributed by atoms with Crippen molar-refractivity contribution in [1.29, 1.82) is 0 Å². The molecule has 2 aliphatic rings. The Morgan fingerprint density at radius 1 is 1.37 bits per heavy atom. The predicted molar refractivity (Wildman–Crippen MR) is 68.9 cm³/mol. The van der Waals surface area contributed by atoms with Gasteiger partial charge in [0, 0.05) is 19.2 Å². The summed E-state index contributed by atoms with van der Waals surface area (Å²) in [5.74, 6) is -0.838. The standard InChI is InChI=1S/C13H22N2O4/c1-13(11(16)17)6-2-5-10(13)15-12(18)14-8-9-4-3-7-19-9/h9-10H,2-8H2,1H3,(H,16,17)(H2,14,15,18). The third-order valence-corrected chi connectivity index (χ3v) is 4.27. The van der Waals surface area contributed by atoms with Gasteiger partial charge in [-0.05, 0) is 32.6 Å². The van der Waals surface area contributed by atoms with E-state index >= 15 is 0 Å². The Morgan fingerprint density at radius 3 is 2.79 bits per heavy atom. The molecule has 3 N–H and O–H groups in total. The molecule has 1 saturated carbocycles. The van der Waals surface area contributed by atoms with Crippen LogP contribution in [0.4, 0.5) is 4.79 Å². The molecular weight excluding hydrogens is 248 g/mol. The van der Waals surface area contributed by atoms with Crippen LogP contribution in [0.5, 0.6) is 0 Å². The number of hydrogen-bond donors (Lipinski definition) is 3. The van der Waals surface area contributed by atoms with E-state index in [0.29, 0.717) is 13.0 Å². The van der Waals surface area contributed by atoms with Gasteiger partial charge in [-0.25, -0.2) is 4.79 Å². The molecular formula is C13H22N2O4. The fourth-order valence-corrected chi connectivity index (χ4v) is 2.87. The maximum Gasteiger partial charge on any atom is 0.315 e. The number of carboxylic acids is 1. The molecule has 19 heavy (non-hydrogen) atoms. The van der Waals surface area contributed by atoms with E-state index in [4.69, 9.17) is 4.74 Å². The average molecular weight is 270 g/mol. The molecule has 1 aliphatic heterocycles. The highest BCUT2D eigenvalue weighted by atomic mass is 16.5. The fraction of sp³-hybridized carbons (Fsp3) is 0.846. The third kappa shape index (κ3) is 3.18. The molecule has 6 nitrogen and oxygen atoms in total. The second kappa shape index (κ2) is 5.77. The molecule has 3 unspecified atom stereocenters. The summed E-state index contributed by atoms with van der Waals surface area (Å²) in [4.78, 5) is 23.1. The zero-order valence-electron chi connectivity index (χ0n) is 11.3. The van der Waals surface area contributed by atoms with Crippen molar-refractivity contribution in [3.8, 4) is 0 Å². The lowest BCUT2D eigenvalue weighted by molar-refractivity contribution is -0.148. The van der Waals surface area contributed by atoms with Crippen molar-refractivity contribution < 1.29 is 19.4 Å². The first-order valence-corrected chi connectivity index (χ1v) is 6.92. The lowest BCUT2D eigenvalue weighted by Gasteiger charge is -2.27. The summed E-state index contributed by atoms with van der Waals surface area (Å²) >= 11 is 0. The summed E-state index contributed by atoms with van der Waals surface area (Å²) < 4.78 is 5.42. The minimum Gasteiger partial charge on any atom is -0.481 e. The van der Waals surface area contributed by atoms with E-state index in [9.17, 15) is 14.7 Å². The average Bonchev–Trinajstić information content (AvgIpc) is 2.98. The number of carboxylic acid groups (broad SMARTS) is 1. The smallest absolute Gasteiger partial charge is 0.315 e. The monoisotopic (exact) mass is 270 g/mol. The van der Waals surface area contributed by atoms with E-state index in [1.165, 1.54) is 0 Å². The summed E-state index contributed by atoms with van der Waals surface area (Å²) in [5.41, 5.74) is -0.846. The van der Waals surface area contributed by atoms with E-state index in [1.54, 1.807) is 6.92 Å². The van der Waals surface area contributed by atoms with E-state index in [2.05, 4.69) is 10.6 Å². The summed E-state index contributed by atoms with van der Waals surface area (Å²) in [6.45, 7) is 2.95. The molecule has 0 aromatic carbocycles. The number of amides is 2. The Kier molecular flexibility index (Phi) is 4.29. The van der Waals surface area contributed by atoms with Gasteiger partial charge in [0.15, 0.2) is 0 Å². The third-order valence-electron chi connectivity index (χ3n) is 4.27. The second-order valence-electron chi connectivity index (χ2n) is 5.66. The minimum atomic E-state index is -0.846. The number of carbonyl (C=O) groups is 2. The Hall–Kier alpha value is -1.30. The zero-order chi connectivity index (χ0) is 13.9. The second-order valence-corrected chi connectivity index (χ2v) is 5.66. The number of ether oxygens (including phenoxy) is 1. The first-order chi connectivity index (χ1) is 9.02. The van der Waals surface area contributed by atoms with E-state index < -0.39 is 11.4 Å². The molecule has 0 spiro atoms. The van der Waals surface area contributed by atoms with Crippen molar-refractivity contribution in [2.24, 2.45) is 5.41 Å². The van der Waals surface area contributed by atoms with Crippen LogP contribution in [-0.4, -0.2) is 42.4 Å². The first kappa shape index (κ1) is 14.1. The van der Waals surface area contributed by atoms with Crippen LogP contribution >= 0.6 is 0 Å². The number of hydrogen-bond acceptors (Lipinski definition) is 3. The maximum absolute atomic E-state index is 11.8. The SMILES string of the molecule is CC1(C(=O)O)CCCC1NC(=O)NCC1CCCO1. The van der Waals surface area contributed by atoms with Gasteiger partial charge < -0.3 is 20.5 Å². The summed E-state index contributed by atoms with van der Waals surface area (Å²) in [7, 11) is 0. The van der Waals surface area contributed by atoms with Crippen molar-refractivity contribution in [2.75, 3.05) is 13.2 Å². The molecule has 0 aromatic heterocycles. The van der Waals surface area contributed by atoms with Gasteiger partial charge in [-0.3, -0.25) is 4.79 Å². The van der Waals surface area contributed by atoms with Crippen LogP contribution in [0.2, 0.25) is 0 Å². The molecule has 2 rings (SSSR count).